The molecule has 1 amide bonds. The number of nitrogens with two attached hydrogens (primary N) is 1. The smallest absolute Gasteiger partial charge is 0.230 e. The summed E-state index contributed by atoms with van der Waals surface area (Å²) in [4.78, 5) is 12.1. The maximum Gasteiger partial charge on any atom is 0.230 e. The maximum atomic E-state index is 13.0. The molecule has 0 spiro atoms. The molecule has 2 aromatic carbocycles. The van der Waals surface area contributed by atoms with Gasteiger partial charge in [-0.15, -0.1) is 10.2 Å². The van der Waals surface area contributed by atoms with Crippen LogP contribution in [-0.2, 0) is 11.3 Å². The minimum atomic E-state index is -0.336. The Morgan fingerprint density at radius 1 is 1.19 bits per heavy atom. The number of halogens is 1. The molecule has 8 heteroatoms. The van der Waals surface area contributed by atoms with Crippen molar-refractivity contribution < 1.29 is 9.18 Å². The van der Waals surface area contributed by atoms with Gasteiger partial charge in [-0.25, -0.2) is 9.07 Å². The Balaban J connectivity index is 1.57. The molecule has 0 saturated carbocycles. The molecule has 3 aromatic rings. The normalized spacial score (nSPS) is 10.7. The highest BCUT2D eigenvalue weighted by molar-refractivity contribution is 7.99. The molecular formula is C18H18FN5OS. The third kappa shape index (κ3) is 4.20. The summed E-state index contributed by atoms with van der Waals surface area (Å²) < 4.78 is 14.3. The van der Waals surface area contributed by atoms with E-state index < -0.39 is 0 Å². The predicted molar refractivity (Wildman–Crippen MR) is 99.3 cm³/mol. The summed E-state index contributed by atoms with van der Waals surface area (Å²) >= 11 is 1.19. The molecule has 1 aromatic heterocycles. The lowest BCUT2D eigenvalue weighted by atomic mass is 10.1. The number of nitrogens with one attached hydrogen (secondary N) is 1. The van der Waals surface area contributed by atoms with Gasteiger partial charge in [0.05, 0.1) is 5.75 Å². The van der Waals surface area contributed by atoms with Crippen molar-refractivity contribution in [3.05, 3.63) is 65.5 Å². The van der Waals surface area contributed by atoms with E-state index in [0.717, 1.165) is 11.1 Å². The summed E-state index contributed by atoms with van der Waals surface area (Å²) in [6.45, 7) is 2.48. The largest absolute Gasteiger partial charge is 0.351 e. The number of hydrogen-bond acceptors (Lipinski definition) is 5. The van der Waals surface area contributed by atoms with Gasteiger partial charge in [-0.3, -0.25) is 4.79 Å². The second kappa shape index (κ2) is 8.01. The molecule has 0 bridgehead atoms. The van der Waals surface area contributed by atoms with E-state index in [-0.39, 0.29) is 17.5 Å². The van der Waals surface area contributed by atoms with E-state index in [9.17, 15) is 9.18 Å². The lowest BCUT2D eigenvalue weighted by Crippen LogP contribution is -2.25. The summed E-state index contributed by atoms with van der Waals surface area (Å²) in [5.41, 5.74) is 2.86. The minimum Gasteiger partial charge on any atom is -0.351 e. The molecule has 0 aliphatic carbocycles. The van der Waals surface area contributed by atoms with Crippen LogP contribution in [0.2, 0.25) is 0 Å². The SMILES string of the molecule is Cc1ccccc1CNC(=O)CSc1nnc(-c2ccc(F)cc2)n1N. The van der Waals surface area contributed by atoms with Crippen molar-refractivity contribution in [3.63, 3.8) is 0 Å². The summed E-state index contributed by atoms with van der Waals surface area (Å²) in [6, 6.07) is 13.7. The Hall–Kier alpha value is -2.87. The van der Waals surface area contributed by atoms with E-state index in [1.807, 2.05) is 31.2 Å². The molecule has 0 atom stereocenters. The Morgan fingerprint density at radius 2 is 1.92 bits per heavy atom. The first kappa shape index (κ1) is 17.9. The Labute approximate surface area is 154 Å². The number of aryl methyl sites for hydroxylation is 1. The van der Waals surface area contributed by atoms with Crippen LogP contribution in [0.25, 0.3) is 11.4 Å². The fraction of sp³-hybridized carbons (Fsp3) is 0.167. The third-order valence-corrected chi connectivity index (χ3v) is 4.78. The standard InChI is InChI=1S/C18H18FN5OS/c1-12-4-2-3-5-14(12)10-21-16(25)11-26-18-23-22-17(24(18)20)13-6-8-15(19)9-7-13/h2-9H,10-11,20H2,1H3,(H,21,25). The topological polar surface area (TPSA) is 85.8 Å². The summed E-state index contributed by atoms with van der Waals surface area (Å²) in [5.74, 6) is 6.11. The molecule has 0 radical (unpaired) electrons. The van der Waals surface area contributed by atoms with E-state index in [2.05, 4.69) is 15.5 Å². The van der Waals surface area contributed by atoms with Crippen molar-refractivity contribution in [1.82, 2.24) is 20.2 Å². The molecule has 0 unspecified atom stereocenters. The van der Waals surface area contributed by atoms with Crippen molar-refractivity contribution >= 4 is 17.7 Å². The van der Waals surface area contributed by atoms with Crippen molar-refractivity contribution in [2.24, 2.45) is 0 Å². The van der Waals surface area contributed by atoms with Crippen molar-refractivity contribution in [1.29, 1.82) is 0 Å². The predicted octanol–water partition coefficient (Wildman–Crippen LogP) is 2.51. The highest BCUT2D eigenvalue weighted by Gasteiger charge is 2.14. The molecule has 3 N–H and O–H groups in total. The molecule has 0 fully saturated rings. The van der Waals surface area contributed by atoms with Gasteiger partial charge >= 0.3 is 0 Å². The summed E-state index contributed by atoms with van der Waals surface area (Å²) in [7, 11) is 0. The van der Waals surface area contributed by atoms with Crippen LogP contribution in [-0.4, -0.2) is 26.5 Å². The second-order valence-corrected chi connectivity index (χ2v) is 6.62. The van der Waals surface area contributed by atoms with E-state index in [1.54, 1.807) is 12.1 Å². The van der Waals surface area contributed by atoms with Gasteiger partial charge in [0.15, 0.2) is 5.82 Å². The van der Waals surface area contributed by atoms with Crippen LogP contribution >= 0.6 is 11.8 Å². The van der Waals surface area contributed by atoms with Crippen molar-refractivity contribution in [2.75, 3.05) is 11.6 Å². The van der Waals surface area contributed by atoms with E-state index in [1.165, 1.54) is 28.6 Å². The number of amides is 1. The monoisotopic (exact) mass is 371 g/mol. The first-order valence-electron chi connectivity index (χ1n) is 7.95. The fourth-order valence-corrected chi connectivity index (χ4v) is 3.04. The molecule has 0 aliphatic rings. The van der Waals surface area contributed by atoms with E-state index in [0.29, 0.717) is 23.1 Å². The first-order valence-corrected chi connectivity index (χ1v) is 8.93. The number of carbonyl (C=O) groups is 1. The van der Waals surface area contributed by atoms with E-state index >= 15 is 0 Å². The Morgan fingerprint density at radius 3 is 2.65 bits per heavy atom. The highest BCUT2D eigenvalue weighted by Crippen LogP contribution is 2.21. The molecule has 0 aliphatic heterocycles. The number of aromatic nitrogens is 3. The van der Waals surface area contributed by atoms with Crippen molar-refractivity contribution in [2.45, 2.75) is 18.6 Å². The van der Waals surface area contributed by atoms with Crippen LogP contribution in [0.5, 0.6) is 0 Å². The molecule has 0 saturated heterocycles. The molecule has 26 heavy (non-hydrogen) atoms. The number of nitrogen functional groups attached to an aromatic ring is 1. The van der Waals surface area contributed by atoms with Crippen LogP contribution in [0.3, 0.4) is 0 Å². The van der Waals surface area contributed by atoms with Gasteiger partial charge in [0.25, 0.3) is 0 Å². The Kier molecular flexibility index (Phi) is 5.52. The fourth-order valence-electron chi connectivity index (χ4n) is 2.35. The number of thioether (sulfide) groups is 1. The molecule has 6 nitrogen and oxygen atoms in total. The average Bonchev–Trinajstić information content (AvgIpc) is 3.00. The minimum absolute atomic E-state index is 0.121. The number of rotatable bonds is 6. The quantitative estimate of drug-likeness (QED) is 0.514. The molecule has 1 heterocycles. The highest BCUT2D eigenvalue weighted by atomic mass is 32.2. The van der Waals surface area contributed by atoms with E-state index in [4.69, 9.17) is 5.84 Å². The lowest BCUT2D eigenvalue weighted by molar-refractivity contribution is -0.118. The summed E-state index contributed by atoms with van der Waals surface area (Å²) in [5, 5.41) is 11.3. The Bertz CT molecular complexity index is 910. The van der Waals surface area contributed by atoms with Gasteiger partial charge in [0, 0.05) is 12.1 Å². The van der Waals surface area contributed by atoms with Gasteiger partial charge in [-0.2, -0.15) is 0 Å². The number of nitrogens with zero attached hydrogens (tertiary/aromatic N) is 3. The van der Waals surface area contributed by atoms with Crippen LogP contribution < -0.4 is 11.2 Å². The van der Waals surface area contributed by atoms with Crippen LogP contribution in [0.4, 0.5) is 4.39 Å². The van der Waals surface area contributed by atoms with Gasteiger partial charge in [0.2, 0.25) is 11.1 Å². The second-order valence-electron chi connectivity index (χ2n) is 5.67. The lowest BCUT2D eigenvalue weighted by Gasteiger charge is -2.07. The van der Waals surface area contributed by atoms with Crippen LogP contribution in [0.15, 0.2) is 53.7 Å². The van der Waals surface area contributed by atoms with Crippen molar-refractivity contribution in [3.8, 4) is 11.4 Å². The zero-order valence-electron chi connectivity index (χ0n) is 14.1. The van der Waals surface area contributed by atoms with Gasteiger partial charge in [0.1, 0.15) is 5.82 Å². The number of carbonyl (C=O) groups excluding carboxylic acids is 1. The summed E-state index contributed by atoms with van der Waals surface area (Å²) in [6.07, 6.45) is 0. The first-order chi connectivity index (χ1) is 12.5. The van der Waals surface area contributed by atoms with Gasteiger partial charge < -0.3 is 11.2 Å². The van der Waals surface area contributed by atoms with Gasteiger partial charge in [-0.05, 0) is 42.3 Å². The number of benzene rings is 2. The maximum absolute atomic E-state index is 13.0. The third-order valence-electron chi connectivity index (χ3n) is 3.84. The molecule has 134 valence electrons. The average molecular weight is 371 g/mol. The van der Waals surface area contributed by atoms with Crippen LogP contribution in [0, 0.1) is 12.7 Å². The van der Waals surface area contributed by atoms with Crippen LogP contribution in [0.1, 0.15) is 11.1 Å². The zero-order chi connectivity index (χ0) is 18.5. The number of hydrogen-bond donors (Lipinski definition) is 2. The molecular weight excluding hydrogens is 353 g/mol. The zero-order valence-corrected chi connectivity index (χ0v) is 15.0. The van der Waals surface area contributed by atoms with Gasteiger partial charge in [-0.1, -0.05) is 36.0 Å². The molecule has 3 rings (SSSR count).